The summed E-state index contributed by atoms with van der Waals surface area (Å²) in [5.41, 5.74) is 2.94. The summed E-state index contributed by atoms with van der Waals surface area (Å²) in [6, 6.07) is 31.1. The molecular formula is C39H35NO7. The van der Waals surface area contributed by atoms with Crippen molar-refractivity contribution in [3.05, 3.63) is 162 Å². The highest BCUT2D eigenvalue weighted by atomic mass is 16.6. The number of hydrogen-bond acceptors (Lipinski definition) is 7. The van der Waals surface area contributed by atoms with Gasteiger partial charge in [0.25, 0.3) is 0 Å². The average molecular weight is 630 g/mol. The van der Waals surface area contributed by atoms with Crippen LogP contribution in [-0.2, 0) is 35.9 Å². The fourth-order valence-corrected chi connectivity index (χ4v) is 5.56. The van der Waals surface area contributed by atoms with Crippen LogP contribution in [0.5, 0.6) is 11.5 Å². The van der Waals surface area contributed by atoms with Crippen LogP contribution < -0.4 is 14.4 Å². The second kappa shape index (κ2) is 14.9. The number of amides is 1. The maximum Gasteiger partial charge on any atom is 0.344 e. The molecule has 238 valence electrons. The highest BCUT2D eigenvalue weighted by Crippen LogP contribution is 2.50. The molecule has 0 aromatic heterocycles. The lowest BCUT2D eigenvalue weighted by Crippen LogP contribution is -2.44. The Morgan fingerprint density at radius 1 is 0.766 bits per heavy atom. The maximum atomic E-state index is 14.7. The molecule has 5 rings (SSSR count). The van der Waals surface area contributed by atoms with Crippen LogP contribution in [0.4, 0.5) is 5.69 Å². The summed E-state index contributed by atoms with van der Waals surface area (Å²) >= 11 is 0. The number of benzene rings is 4. The van der Waals surface area contributed by atoms with Crippen molar-refractivity contribution in [1.82, 2.24) is 0 Å². The van der Waals surface area contributed by atoms with Gasteiger partial charge < -0.3 is 18.9 Å². The first-order valence-corrected chi connectivity index (χ1v) is 15.0. The van der Waals surface area contributed by atoms with Gasteiger partial charge in [0.1, 0.15) is 36.7 Å². The van der Waals surface area contributed by atoms with Gasteiger partial charge in [-0.15, -0.1) is 0 Å². The molecule has 1 heterocycles. The molecule has 1 aliphatic heterocycles. The number of fused-ring (bicyclic) bond motifs is 1. The van der Waals surface area contributed by atoms with Gasteiger partial charge in [-0.05, 0) is 52.6 Å². The van der Waals surface area contributed by atoms with Crippen LogP contribution in [0.2, 0.25) is 0 Å². The van der Waals surface area contributed by atoms with Gasteiger partial charge in [-0.25, -0.2) is 4.79 Å². The summed E-state index contributed by atoms with van der Waals surface area (Å²) in [4.78, 5) is 41.6. The standard InChI is InChI=1S/C39H35NO7/c1-4-11-28(5-2)25-47-37(42)27-45-33-22-18-31(19-23-33)39(30-16-20-32(44-3)21-17-30)34-14-9-10-15-35(34)40(38(39)43)24-36(41)46-26-29-12-7-6-8-13-29/h4-23H,1-2,24-27H2,3H3. The van der Waals surface area contributed by atoms with Gasteiger partial charge in [0.05, 0.1) is 7.11 Å². The normalized spacial score (nSPS) is 15.4. The Morgan fingerprint density at radius 3 is 2.04 bits per heavy atom. The van der Waals surface area contributed by atoms with Crippen molar-refractivity contribution in [2.45, 2.75) is 12.0 Å². The average Bonchev–Trinajstić information content (AvgIpc) is 3.36. The minimum atomic E-state index is -1.29. The first-order valence-electron chi connectivity index (χ1n) is 15.0. The van der Waals surface area contributed by atoms with Crippen molar-refractivity contribution >= 4 is 23.5 Å². The lowest BCUT2D eigenvalue weighted by atomic mass is 9.70. The first kappa shape index (κ1) is 32.5. The highest BCUT2D eigenvalue weighted by molar-refractivity contribution is 6.14. The minimum absolute atomic E-state index is 0.0544. The van der Waals surface area contributed by atoms with Crippen LogP contribution in [-0.4, -0.2) is 44.7 Å². The molecule has 0 fully saturated rings. The number of esters is 2. The van der Waals surface area contributed by atoms with Crippen molar-refractivity contribution in [3.63, 3.8) is 0 Å². The third-order valence-corrected chi connectivity index (χ3v) is 7.86. The molecule has 0 aliphatic carbocycles. The van der Waals surface area contributed by atoms with E-state index in [0.29, 0.717) is 39.4 Å². The monoisotopic (exact) mass is 629 g/mol. The topological polar surface area (TPSA) is 91.4 Å². The number of methoxy groups -OCH3 is 1. The molecule has 0 N–H and O–H groups in total. The number of carbonyl (C=O) groups is 3. The van der Waals surface area contributed by atoms with Crippen LogP contribution >= 0.6 is 0 Å². The van der Waals surface area contributed by atoms with Crippen molar-refractivity contribution in [2.24, 2.45) is 0 Å². The second-order valence-electron chi connectivity index (χ2n) is 10.7. The molecule has 8 nitrogen and oxygen atoms in total. The number of carbonyl (C=O) groups excluding carboxylic acids is 3. The van der Waals surface area contributed by atoms with E-state index in [0.717, 1.165) is 5.56 Å². The van der Waals surface area contributed by atoms with Crippen molar-refractivity contribution in [2.75, 3.05) is 31.8 Å². The Bertz CT molecular complexity index is 1780. The van der Waals surface area contributed by atoms with E-state index in [1.54, 1.807) is 61.7 Å². The molecule has 0 radical (unpaired) electrons. The van der Waals surface area contributed by atoms with Gasteiger partial charge in [0, 0.05) is 11.3 Å². The molecule has 1 aliphatic rings. The van der Waals surface area contributed by atoms with Gasteiger partial charge in [-0.1, -0.05) is 104 Å². The fraction of sp³-hybridized carbons (Fsp3) is 0.154. The zero-order valence-corrected chi connectivity index (χ0v) is 26.1. The lowest BCUT2D eigenvalue weighted by Gasteiger charge is -2.30. The van der Waals surface area contributed by atoms with Crippen LogP contribution in [0.25, 0.3) is 0 Å². The summed E-state index contributed by atoms with van der Waals surface area (Å²) in [7, 11) is 1.58. The number of para-hydroxylation sites is 1. The molecule has 1 atom stereocenters. The minimum Gasteiger partial charge on any atom is -0.497 e. The Balaban J connectivity index is 1.43. The predicted molar refractivity (Wildman–Crippen MR) is 179 cm³/mol. The lowest BCUT2D eigenvalue weighted by molar-refractivity contribution is -0.145. The van der Waals surface area contributed by atoms with Crippen molar-refractivity contribution in [3.8, 4) is 11.5 Å². The van der Waals surface area contributed by atoms with Gasteiger partial charge in [0.15, 0.2) is 6.61 Å². The predicted octanol–water partition coefficient (Wildman–Crippen LogP) is 6.34. The molecule has 0 saturated carbocycles. The summed E-state index contributed by atoms with van der Waals surface area (Å²) in [6.45, 7) is 6.91. The number of ether oxygens (including phenoxy) is 4. The van der Waals surface area contributed by atoms with Crippen LogP contribution in [0, 0.1) is 0 Å². The molecule has 0 spiro atoms. The van der Waals surface area contributed by atoms with E-state index in [4.69, 9.17) is 18.9 Å². The zero-order chi connectivity index (χ0) is 33.2. The van der Waals surface area contributed by atoms with Crippen LogP contribution in [0.3, 0.4) is 0 Å². The van der Waals surface area contributed by atoms with Gasteiger partial charge in [-0.3, -0.25) is 14.5 Å². The molecule has 4 aromatic carbocycles. The Kier molecular flexibility index (Phi) is 10.3. The number of anilines is 1. The Morgan fingerprint density at radius 2 is 1.40 bits per heavy atom. The number of nitrogens with zero attached hydrogens (tertiary/aromatic N) is 1. The van der Waals surface area contributed by atoms with Gasteiger partial charge >= 0.3 is 11.9 Å². The fourth-order valence-electron chi connectivity index (χ4n) is 5.56. The first-order chi connectivity index (χ1) is 22.9. The summed E-state index contributed by atoms with van der Waals surface area (Å²) in [5, 5.41) is 0. The highest BCUT2D eigenvalue weighted by Gasteiger charge is 2.53. The molecule has 0 bridgehead atoms. The van der Waals surface area contributed by atoms with E-state index >= 15 is 0 Å². The van der Waals surface area contributed by atoms with Crippen molar-refractivity contribution < 1.29 is 33.3 Å². The number of allylic oxidation sites excluding steroid dienone is 2. The summed E-state index contributed by atoms with van der Waals surface area (Å²) in [6.07, 6.45) is 4.88. The zero-order valence-electron chi connectivity index (χ0n) is 26.1. The largest absolute Gasteiger partial charge is 0.497 e. The van der Waals surface area contributed by atoms with E-state index in [-0.39, 0.29) is 32.3 Å². The smallest absolute Gasteiger partial charge is 0.344 e. The molecule has 47 heavy (non-hydrogen) atoms. The summed E-state index contributed by atoms with van der Waals surface area (Å²) in [5.74, 6) is -0.321. The SMILES string of the molecule is C=CC=C(C=C)COC(=O)COc1ccc(C2(c3ccc(OC)cc3)C(=O)N(CC(=O)OCc3ccccc3)c3ccccc32)cc1. The molecule has 4 aromatic rings. The molecule has 1 unspecified atom stereocenters. The van der Waals surface area contributed by atoms with Gasteiger partial charge in [0.2, 0.25) is 5.91 Å². The van der Waals surface area contributed by atoms with E-state index < -0.39 is 17.4 Å². The van der Waals surface area contributed by atoms with E-state index in [2.05, 4.69) is 13.2 Å². The molecule has 8 heteroatoms. The van der Waals surface area contributed by atoms with E-state index in [1.165, 1.54) is 4.90 Å². The third-order valence-electron chi connectivity index (χ3n) is 7.86. The maximum absolute atomic E-state index is 14.7. The quantitative estimate of drug-likeness (QED) is 0.119. The Hall–Kier alpha value is -5.89. The summed E-state index contributed by atoms with van der Waals surface area (Å²) < 4.78 is 21.9. The second-order valence-corrected chi connectivity index (χ2v) is 10.7. The van der Waals surface area contributed by atoms with Crippen LogP contribution in [0.15, 0.2) is 140 Å². The molecule has 0 saturated heterocycles. The number of rotatable bonds is 14. The Labute approximate surface area is 274 Å². The third kappa shape index (κ3) is 7.02. The van der Waals surface area contributed by atoms with E-state index in [1.807, 2.05) is 66.7 Å². The van der Waals surface area contributed by atoms with Crippen molar-refractivity contribution in [1.29, 1.82) is 0 Å². The molecule has 1 amide bonds. The molecular weight excluding hydrogens is 594 g/mol. The van der Waals surface area contributed by atoms with Crippen LogP contribution in [0.1, 0.15) is 22.3 Å². The van der Waals surface area contributed by atoms with Gasteiger partial charge in [-0.2, -0.15) is 0 Å². The number of hydrogen-bond donors (Lipinski definition) is 0. The van der Waals surface area contributed by atoms with E-state index in [9.17, 15) is 14.4 Å².